The van der Waals surface area contributed by atoms with Crippen molar-refractivity contribution in [3.8, 4) is 0 Å². The average Bonchev–Trinajstić information content (AvgIpc) is 2.52. The van der Waals surface area contributed by atoms with Crippen LogP contribution in [-0.4, -0.2) is 43.2 Å². The normalized spacial score (nSPS) is 20.3. The van der Waals surface area contributed by atoms with Crippen molar-refractivity contribution in [3.63, 3.8) is 0 Å². The minimum atomic E-state index is 0.164. The molecule has 0 aliphatic carbocycles. The molecule has 1 amide bonds. The molecule has 4 heteroatoms. The van der Waals surface area contributed by atoms with E-state index in [1.54, 1.807) is 0 Å². The van der Waals surface area contributed by atoms with Crippen LogP contribution in [0.2, 0.25) is 0 Å². The monoisotopic (exact) mass is 290 g/mol. The summed E-state index contributed by atoms with van der Waals surface area (Å²) in [5, 5.41) is 3.34. The van der Waals surface area contributed by atoms with Gasteiger partial charge in [0.15, 0.2) is 0 Å². The van der Waals surface area contributed by atoms with Gasteiger partial charge in [-0.05, 0) is 31.4 Å². The second-order valence-corrected chi connectivity index (χ2v) is 5.70. The van der Waals surface area contributed by atoms with Crippen molar-refractivity contribution in [3.05, 3.63) is 35.4 Å². The Balaban J connectivity index is 1.85. The van der Waals surface area contributed by atoms with E-state index in [-0.39, 0.29) is 18.1 Å². The summed E-state index contributed by atoms with van der Waals surface area (Å²) in [4.78, 5) is 14.2. The van der Waals surface area contributed by atoms with E-state index in [4.69, 9.17) is 4.74 Å². The second-order valence-electron chi connectivity index (χ2n) is 5.70. The number of amides is 1. The number of hydrogen-bond donors (Lipinski definition) is 1. The molecule has 1 aliphatic rings. The SMILES string of the molecule is CC[C@H]1CN(C(=O)CN[C@@H](C)c2ccccc2C)CCO1. The number of hydrogen-bond acceptors (Lipinski definition) is 3. The van der Waals surface area contributed by atoms with Crippen LogP contribution in [0.3, 0.4) is 0 Å². The lowest BCUT2D eigenvalue weighted by Gasteiger charge is -2.33. The van der Waals surface area contributed by atoms with Gasteiger partial charge in [0.2, 0.25) is 5.91 Å². The Labute approximate surface area is 127 Å². The fraction of sp³-hybridized carbons (Fsp3) is 0.588. The topological polar surface area (TPSA) is 41.6 Å². The van der Waals surface area contributed by atoms with Gasteiger partial charge in [0.05, 0.1) is 19.3 Å². The Hall–Kier alpha value is -1.39. The molecule has 21 heavy (non-hydrogen) atoms. The minimum Gasteiger partial charge on any atom is -0.375 e. The maximum atomic E-state index is 12.3. The van der Waals surface area contributed by atoms with E-state index in [0.717, 1.165) is 13.0 Å². The predicted octanol–water partition coefficient (Wildman–Crippen LogP) is 2.28. The number of ether oxygens (including phenoxy) is 1. The van der Waals surface area contributed by atoms with Crippen LogP contribution < -0.4 is 5.32 Å². The molecule has 116 valence electrons. The predicted molar refractivity (Wildman–Crippen MR) is 84.2 cm³/mol. The Morgan fingerprint density at radius 2 is 2.24 bits per heavy atom. The van der Waals surface area contributed by atoms with Crippen LogP contribution in [0.25, 0.3) is 0 Å². The van der Waals surface area contributed by atoms with Crippen LogP contribution in [-0.2, 0) is 9.53 Å². The number of benzene rings is 1. The summed E-state index contributed by atoms with van der Waals surface area (Å²) < 4.78 is 5.60. The molecule has 1 heterocycles. The summed E-state index contributed by atoms with van der Waals surface area (Å²) >= 11 is 0. The van der Waals surface area contributed by atoms with Crippen molar-refractivity contribution in [2.24, 2.45) is 0 Å². The van der Waals surface area contributed by atoms with Crippen LogP contribution in [0.1, 0.15) is 37.4 Å². The van der Waals surface area contributed by atoms with Gasteiger partial charge in [0.25, 0.3) is 0 Å². The highest BCUT2D eigenvalue weighted by Crippen LogP contribution is 2.16. The van der Waals surface area contributed by atoms with E-state index in [2.05, 4.69) is 38.2 Å². The van der Waals surface area contributed by atoms with E-state index >= 15 is 0 Å². The molecular formula is C17H26N2O2. The van der Waals surface area contributed by atoms with Crippen molar-refractivity contribution < 1.29 is 9.53 Å². The van der Waals surface area contributed by atoms with Gasteiger partial charge in [-0.25, -0.2) is 0 Å². The first-order valence-corrected chi connectivity index (χ1v) is 7.80. The van der Waals surface area contributed by atoms with Crippen LogP contribution >= 0.6 is 0 Å². The largest absolute Gasteiger partial charge is 0.375 e. The van der Waals surface area contributed by atoms with Gasteiger partial charge in [-0.2, -0.15) is 0 Å². The Morgan fingerprint density at radius 3 is 2.95 bits per heavy atom. The lowest BCUT2D eigenvalue weighted by molar-refractivity contribution is -0.138. The van der Waals surface area contributed by atoms with Crippen molar-refractivity contribution >= 4 is 5.91 Å². The van der Waals surface area contributed by atoms with Gasteiger partial charge >= 0.3 is 0 Å². The first-order valence-electron chi connectivity index (χ1n) is 7.80. The van der Waals surface area contributed by atoms with Crippen LogP contribution in [0.4, 0.5) is 0 Å². The maximum absolute atomic E-state index is 12.3. The van der Waals surface area contributed by atoms with E-state index in [1.807, 2.05) is 17.0 Å². The average molecular weight is 290 g/mol. The van der Waals surface area contributed by atoms with E-state index in [9.17, 15) is 4.79 Å². The molecule has 1 aliphatic heterocycles. The molecule has 1 fully saturated rings. The van der Waals surface area contributed by atoms with Gasteiger partial charge < -0.3 is 15.0 Å². The number of carbonyl (C=O) groups excluding carboxylic acids is 1. The van der Waals surface area contributed by atoms with Gasteiger partial charge in [-0.1, -0.05) is 31.2 Å². The molecule has 0 unspecified atom stereocenters. The van der Waals surface area contributed by atoms with Crippen molar-refractivity contribution in [2.45, 2.75) is 39.3 Å². The van der Waals surface area contributed by atoms with Gasteiger partial charge in [-0.3, -0.25) is 4.79 Å². The lowest BCUT2D eigenvalue weighted by atomic mass is 10.0. The molecule has 0 aromatic heterocycles. The Bertz CT molecular complexity index is 476. The number of carbonyl (C=O) groups is 1. The zero-order valence-electron chi connectivity index (χ0n) is 13.3. The summed E-state index contributed by atoms with van der Waals surface area (Å²) in [5.41, 5.74) is 2.50. The van der Waals surface area contributed by atoms with E-state index in [0.29, 0.717) is 19.7 Å². The fourth-order valence-electron chi connectivity index (χ4n) is 2.73. The van der Waals surface area contributed by atoms with Gasteiger partial charge in [0.1, 0.15) is 0 Å². The number of aryl methyl sites for hydroxylation is 1. The molecule has 0 bridgehead atoms. The molecule has 4 nitrogen and oxygen atoms in total. The highest BCUT2D eigenvalue weighted by atomic mass is 16.5. The number of morpholine rings is 1. The fourth-order valence-corrected chi connectivity index (χ4v) is 2.73. The van der Waals surface area contributed by atoms with Gasteiger partial charge in [-0.15, -0.1) is 0 Å². The molecule has 2 rings (SSSR count). The molecule has 1 saturated heterocycles. The second kappa shape index (κ2) is 7.57. The number of nitrogens with one attached hydrogen (secondary N) is 1. The maximum Gasteiger partial charge on any atom is 0.236 e. The molecule has 1 aromatic rings. The molecule has 0 saturated carbocycles. The highest BCUT2D eigenvalue weighted by Gasteiger charge is 2.23. The molecule has 0 radical (unpaired) electrons. The summed E-state index contributed by atoms with van der Waals surface area (Å²) in [6.07, 6.45) is 1.15. The Morgan fingerprint density at radius 1 is 1.48 bits per heavy atom. The third-order valence-corrected chi connectivity index (χ3v) is 4.16. The molecule has 1 aromatic carbocycles. The van der Waals surface area contributed by atoms with Gasteiger partial charge in [0, 0.05) is 19.1 Å². The number of nitrogens with zero attached hydrogens (tertiary/aromatic N) is 1. The zero-order chi connectivity index (χ0) is 15.2. The number of rotatable bonds is 5. The van der Waals surface area contributed by atoms with Crippen LogP contribution in [0, 0.1) is 6.92 Å². The molecule has 0 spiro atoms. The first-order chi connectivity index (χ1) is 10.1. The van der Waals surface area contributed by atoms with Crippen molar-refractivity contribution in [1.29, 1.82) is 0 Å². The van der Waals surface area contributed by atoms with E-state index < -0.39 is 0 Å². The summed E-state index contributed by atoms with van der Waals surface area (Å²) in [6, 6.07) is 8.46. The summed E-state index contributed by atoms with van der Waals surface area (Å²) in [6.45, 7) is 8.75. The third-order valence-electron chi connectivity index (χ3n) is 4.16. The quantitative estimate of drug-likeness (QED) is 0.904. The van der Waals surface area contributed by atoms with Crippen molar-refractivity contribution in [1.82, 2.24) is 10.2 Å². The summed E-state index contributed by atoms with van der Waals surface area (Å²) in [5.74, 6) is 0.164. The molecular weight excluding hydrogens is 264 g/mol. The highest BCUT2D eigenvalue weighted by molar-refractivity contribution is 5.78. The first kappa shape index (κ1) is 16.0. The lowest BCUT2D eigenvalue weighted by Crippen LogP contribution is -2.48. The summed E-state index contributed by atoms with van der Waals surface area (Å²) in [7, 11) is 0. The Kier molecular flexibility index (Phi) is 5.76. The third kappa shape index (κ3) is 4.29. The molecule has 2 atom stereocenters. The van der Waals surface area contributed by atoms with Crippen LogP contribution in [0.5, 0.6) is 0 Å². The van der Waals surface area contributed by atoms with Crippen molar-refractivity contribution in [2.75, 3.05) is 26.2 Å². The molecule has 1 N–H and O–H groups in total. The van der Waals surface area contributed by atoms with E-state index in [1.165, 1.54) is 11.1 Å². The van der Waals surface area contributed by atoms with Crippen LogP contribution in [0.15, 0.2) is 24.3 Å². The zero-order valence-corrected chi connectivity index (χ0v) is 13.3. The standard InChI is InChI=1S/C17H26N2O2/c1-4-15-12-19(9-10-21-15)17(20)11-18-14(3)16-8-6-5-7-13(16)2/h5-8,14-15,18H,4,9-12H2,1-3H3/t14-,15-/m0/s1. The smallest absolute Gasteiger partial charge is 0.236 e. The minimum absolute atomic E-state index is 0.164.